The van der Waals surface area contributed by atoms with Crippen molar-refractivity contribution in [2.24, 2.45) is 0 Å². The zero-order valence-electron chi connectivity index (χ0n) is 13.5. The second-order valence-electron chi connectivity index (χ2n) is 6.36. The van der Waals surface area contributed by atoms with Crippen molar-refractivity contribution in [2.45, 2.75) is 31.5 Å². The van der Waals surface area contributed by atoms with Gasteiger partial charge in [0.2, 0.25) is 5.91 Å². The number of nitrogens with zero attached hydrogens (tertiary/aromatic N) is 2. The molecule has 1 N–H and O–H groups in total. The fourth-order valence-corrected chi connectivity index (χ4v) is 3.35. The summed E-state index contributed by atoms with van der Waals surface area (Å²) in [6.07, 6.45) is -1.30. The Kier molecular flexibility index (Phi) is 4.99. The fraction of sp³-hybridized carbons (Fsp3) is 0.588. The Morgan fingerprint density at radius 1 is 1.12 bits per heavy atom. The summed E-state index contributed by atoms with van der Waals surface area (Å²) in [5.74, 6) is 0.124. The molecule has 0 bridgehead atoms. The molecule has 2 aliphatic heterocycles. The van der Waals surface area contributed by atoms with Gasteiger partial charge in [-0.1, -0.05) is 12.5 Å². The normalized spacial score (nSPS) is 22.5. The molecule has 0 aliphatic carbocycles. The molecule has 0 saturated carbocycles. The lowest BCUT2D eigenvalue weighted by Gasteiger charge is -2.38. The molecular weight excluding hydrogens is 319 g/mol. The van der Waals surface area contributed by atoms with Crippen LogP contribution in [-0.4, -0.2) is 49.6 Å². The zero-order chi connectivity index (χ0) is 17.2. The summed E-state index contributed by atoms with van der Waals surface area (Å²) in [5.41, 5.74) is -0.0716. The minimum Gasteiger partial charge on any atom is -0.368 e. The van der Waals surface area contributed by atoms with Crippen LogP contribution in [0.4, 0.5) is 18.9 Å². The van der Waals surface area contributed by atoms with Crippen LogP contribution in [0.2, 0.25) is 0 Å². The highest BCUT2D eigenvalue weighted by Gasteiger charge is 2.32. The second-order valence-corrected chi connectivity index (χ2v) is 6.36. The molecule has 3 rings (SSSR count). The maximum absolute atomic E-state index is 12.8. The molecule has 0 spiro atoms. The number of hydrogen-bond acceptors (Lipinski definition) is 3. The summed E-state index contributed by atoms with van der Waals surface area (Å²) in [7, 11) is 0. The van der Waals surface area contributed by atoms with Crippen molar-refractivity contribution in [1.82, 2.24) is 10.2 Å². The Hall–Kier alpha value is -1.76. The Labute approximate surface area is 139 Å². The van der Waals surface area contributed by atoms with Gasteiger partial charge in [0, 0.05) is 31.9 Å². The summed E-state index contributed by atoms with van der Waals surface area (Å²) >= 11 is 0. The van der Waals surface area contributed by atoms with Crippen molar-refractivity contribution >= 4 is 11.6 Å². The van der Waals surface area contributed by atoms with Crippen molar-refractivity contribution in [3.63, 3.8) is 0 Å². The number of carbonyl (C=O) groups is 1. The smallest absolute Gasteiger partial charge is 0.368 e. The van der Waals surface area contributed by atoms with E-state index in [-0.39, 0.29) is 11.9 Å². The molecule has 1 aromatic carbocycles. The third-order valence-electron chi connectivity index (χ3n) is 4.74. The quantitative estimate of drug-likeness (QED) is 0.898. The first-order valence-corrected chi connectivity index (χ1v) is 8.39. The number of anilines is 1. The van der Waals surface area contributed by atoms with Gasteiger partial charge in [0.1, 0.15) is 0 Å². The number of nitrogens with one attached hydrogen (secondary N) is 1. The van der Waals surface area contributed by atoms with E-state index in [4.69, 9.17) is 0 Å². The van der Waals surface area contributed by atoms with Crippen LogP contribution < -0.4 is 10.2 Å². The molecule has 4 nitrogen and oxygen atoms in total. The highest BCUT2D eigenvalue weighted by molar-refractivity contribution is 5.82. The van der Waals surface area contributed by atoms with E-state index in [0.29, 0.717) is 31.9 Å². The number of alkyl halides is 3. The van der Waals surface area contributed by atoms with Gasteiger partial charge in [-0.2, -0.15) is 13.2 Å². The molecule has 1 atom stereocenters. The minimum atomic E-state index is -4.33. The molecule has 2 saturated heterocycles. The van der Waals surface area contributed by atoms with Gasteiger partial charge < -0.3 is 15.1 Å². The first kappa shape index (κ1) is 17.1. The van der Waals surface area contributed by atoms with E-state index in [9.17, 15) is 18.0 Å². The summed E-state index contributed by atoms with van der Waals surface area (Å²) in [4.78, 5) is 16.2. The molecule has 0 unspecified atom stereocenters. The minimum absolute atomic E-state index is 0.0983. The van der Waals surface area contributed by atoms with Gasteiger partial charge in [-0.25, -0.2) is 0 Å². The first-order chi connectivity index (χ1) is 11.4. The maximum Gasteiger partial charge on any atom is 0.416 e. The summed E-state index contributed by atoms with van der Waals surface area (Å²) in [6.45, 7) is 3.08. The predicted molar refractivity (Wildman–Crippen MR) is 85.9 cm³/mol. The predicted octanol–water partition coefficient (Wildman–Crippen LogP) is 2.50. The molecule has 2 aliphatic rings. The molecule has 24 heavy (non-hydrogen) atoms. The lowest BCUT2D eigenvalue weighted by molar-refractivity contribution is -0.137. The summed E-state index contributed by atoms with van der Waals surface area (Å²) in [6, 6.07) is 5.29. The Balaban J connectivity index is 1.60. The van der Waals surface area contributed by atoms with Crippen LogP contribution in [0.15, 0.2) is 24.3 Å². The molecule has 2 fully saturated rings. The van der Waals surface area contributed by atoms with Crippen LogP contribution in [-0.2, 0) is 11.0 Å². The van der Waals surface area contributed by atoms with Crippen molar-refractivity contribution in [3.8, 4) is 0 Å². The van der Waals surface area contributed by atoms with Gasteiger partial charge >= 0.3 is 6.18 Å². The average Bonchev–Trinajstić information content (AvgIpc) is 2.61. The lowest BCUT2D eigenvalue weighted by atomic mass is 10.0. The van der Waals surface area contributed by atoms with E-state index in [2.05, 4.69) is 5.32 Å². The van der Waals surface area contributed by atoms with E-state index in [0.717, 1.165) is 31.9 Å². The molecule has 1 aromatic rings. The van der Waals surface area contributed by atoms with Crippen molar-refractivity contribution < 1.29 is 18.0 Å². The van der Waals surface area contributed by atoms with Crippen molar-refractivity contribution in [3.05, 3.63) is 29.8 Å². The van der Waals surface area contributed by atoms with Crippen LogP contribution >= 0.6 is 0 Å². The van der Waals surface area contributed by atoms with Gasteiger partial charge in [-0.05, 0) is 37.6 Å². The van der Waals surface area contributed by atoms with Crippen LogP contribution in [0.5, 0.6) is 0 Å². The number of rotatable bonds is 2. The van der Waals surface area contributed by atoms with Crippen LogP contribution in [0.25, 0.3) is 0 Å². The number of halogens is 3. The molecule has 0 aromatic heterocycles. The van der Waals surface area contributed by atoms with Gasteiger partial charge in [0.15, 0.2) is 0 Å². The molecule has 2 heterocycles. The molecule has 7 heteroatoms. The number of benzene rings is 1. The van der Waals surface area contributed by atoms with Crippen LogP contribution in [0.3, 0.4) is 0 Å². The van der Waals surface area contributed by atoms with Crippen molar-refractivity contribution in [2.75, 3.05) is 37.6 Å². The highest BCUT2D eigenvalue weighted by Crippen LogP contribution is 2.31. The molecule has 1 amide bonds. The zero-order valence-corrected chi connectivity index (χ0v) is 13.5. The summed E-state index contributed by atoms with van der Waals surface area (Å²) < 4.78 is 38.5. The summed E-state index contributed by atoms with van der Waals surface area (Å²) in [5, 5.41) is 3.25. The first-order valence-electron chi connectivity index (χ1n) is 8.39. The largest absolute Gasteiger partial charge is 0.416 e. The topological polar surface area (TPSA) is 35.6 Å². The number of hydrogen-bond donors (Lipinski definition) is 1. The molecule has 0 radical (unpaired) electrons. The second kappa shape index (κ2) is 7.01. The van der Waals surface area contributed by atoms with Crippen LogP contribution in [0.1, 0.15) is 24.8 Å². The molecular formula is C17H22F3N3O. The number of carbonyl (C=O) groups excluding carboxylic acids is 1. The number of amides is 1. The standard InChI is InChI=1S/C17H22F3N3O/c18-17(19,20)13-4-3-5-14(12-13)22-8-10-23(11-9-22)16(24)15-6-1-2-7-21-15/h3-5,12,15,21H,1-2,6-11H2/t15-/m0/s1. The maximum atomic E-state index is 12.8. The van der Waals surface area contributed by atoms with Gasteiger partial charge in [-0.3, -0.25) is 4.79 Å². The average molecular weight is 341 g/mol. The van der Waals surface area contributed by atoms with E-state index >= 15 is 0 Å². The Morgan fingerprint density at radius 3 is 2.50 bits per heavy atom. The van der Waals surface area contributed by atoms with Crippen LogP contribution in [0, 0.1) is 0 Å². The van der Waals surface area contributed by atoms with E-state index in [1.807, 2.05) is 9.80 Å². The third-order valence-corrected chi connectivity index (χ3v) is 4.74. The molecule has 132 valence electrons. The Morgan fingerprint density at radius 2 is 1.88 bits per heavy atom. The lowest BCUT2D eigenvalue weighted by Crippen LogP contribution is -2.55. The fourth-order valence-electron chi connectivity index (χ4n) is 3.35. The highest BCUT2D eigenvalue weighted by atomic mass is 19.4. The monoisotopic (exact) mass is 341 g/mol. The number of piperidine rings is 1. The number of piperazine rings is 1. The van der Waals surface area contributed by atoms with Gasteiger partial charge in [0.05, 0.1) is 11.6 Å². The van der Waals surface area contributed by atoms with E-state index in [1.165, 1.54) is 12.1 Å². The van der Waals surface area contributed by atoms with Gasteiger partial charge in [0.25, 0.3) is 0 Å². The van der Waals surface area contributed by atoms with E-state index in [1.54, 1.807) is 6.07 Å². The van der Waals surface area contributed by atoms with E-state index < -0.39 is 11.7 Å². The third kappa shape index (κ3) is 3.83. The van der Waals surface area contributed by atoms with Crippen molar-refractivity contribution in [1.29, 1.82) is 0 Å². The Bertz CT molecular complexity index is 577. The van der Waals surface area contributed by atoms with Gasteiger partial charge in [-0.15, -0.1) is 0 Å². The SMILES string of the molecule is O=C([C@@H]1CCCCN1)N1CCN(c2cccc(C(F)(F)F)c2)CC1.